The summed E-state index contributed by atoms with van der Waals surface area (Å²) in [6.45, 7) is 1.77. The van der Waals surface area contributed by atoms with Crippen LogP contribution in [0.1, 0.15) is 35.7 Å². The molecule has 2 aromatic rings. The zero-order valence-corrected chi connectivity index (χ0v) is 12.7. The van der Waals surface area contributed by atoms with Crippen LogP contribution in [-0.4, -0.2) is 22.0 Å². The van der Waals surface area contributed by atoms with E-state index in [1.807, 2.05) is 0 Å². The fourth-order valence-corrected chi connectivity index (χ4v) is 2.20. The van der Waals surface area contributed by atoms with Gasteiger partial charge in [0.15, 0.2) is 0 Å². The zero-order valence-electron chi connectivity index (χ0n) is 11.2. The molecule has 5 nitrogen and oxygen atoms in total. The summed E-state index contributed by atoms with van der Waals surface area (Å²) in [7, 11) is 0. The Labute approximate surface area is 131 Å². The van der Waals surface area contributed by atoms with Crippen LogP contribution in [0.4, 0.5) is 0 Å². The summed E-state index contributed by atoms with van der Waals surface area (Å²) in [6, 6.07) is 6.08. The van der Waals surface area contributed by atoms with Crippen molar-refractivity contribution in [2.75, 3.05) is 0 Å². The van der Waals surface area contributed by atoms with Gasteiger partial charge in [-0.05, 0) is 31.2 Å². The Bertz CT molecular complexity index is 617. The molecule has 112 valence electrons. The molecule has 21 heavy (non-hydrogen) atoms. The molecule has 2 atom stereocenters. The first-order chi connectivity index (χ1) is 9.97. The number of pyridine rings is 1. The Balaban J connectivity index is 1.97. The number of aromatic nitrogens is 1. The topological polar surface area (TPSA) is 75.4 Å². The molecule has 2 unspecified atom stereocenters. The molecule has 2 N–H and O–H groups in total. The third kappa shape index (κ3) is 4.20. The van der Waals surface area contributed by atoms with E-state index >= 15 is 0 Å². The number of halogens is 2. The van der Waals surface area contributed by atoms with Gasteiger partial charge in [-0.25, -0.2) is 4.98 Å². The molecule has 0 bridgehead atoms. The molecule has 2 aromatic heterocycles. The normalized spacial score (nSPS) is 13.7. The van der Waals surface area contributed by atoms with E-state index in [1.54, 1.807) is 19.1 Å². The van der Waals surface area contributed by atoms with Gasteiger partial charge in [0.2, 0.25) is 0 Å². The van der Waals surface area contributed by atoms with Crippen LogP contribution in [0.25, 0.3) is 0 Å². The van der Waals surface area contributed by atoms with Crippen molar-refractivity contribution < 1.29 is 14.3 Å². The third-order valence-corrected chi connectivity index (χ3v) is 3.37. The zero-order chi connectivity index (χ0) is 15.4. The Morgan fingerprint density at radius 3 is 2.86 bits per heavy atom. The van der Waals surface area contributed by atoms with Crippen molar-refractivity contribution in [1.29, 1.82) is 0 Å². The van der Waals surface area contributed by atoms with Gasteiger partial charge in [0.05, 0.1) is 11.3 Å². The average molecular weight is 329 g/mol. The minimum atomic E-state index is -0.793. The second kappa shape index (κ2) is 6.93. The fraction of sp³-hybridized carbons (Fsp3) is 0.286. The number of hydrogen-bond acceptors (Lipinski definition) is 4. The van der Waals surface area contributed by atoms with Gasteiger partial charge in [0, 0.05) is 12.5 Å². The van der Waals surface area contributed by atoms with E-state index in [-0.39, 0.29) is 21.9 Å². The summed E-state index contributed by atoms with van der Waals surface area (Å²) in [5.41, 5.74) is 0.0588. The average Bonchev–Trinajstić information content (AvgIpc) is 2.95. The lowest BCUT2D eigenvalue weighted by molar-refractivity contribution is 0.0898. The van der Waals surface area contributed by atoms with Crippen molar-refractivity contribution in [1.82, 2.24) is 10.3 Å². The van der Waals surface area contributed by atoms with Gasteiger partial charge in [-0.1, -0.05) is 23.2 Å². The lowest BCUT2D eigenvalue weighted by Gasteiger charge is -2.16. The van der Waals surface area contributed by atoms with E-state index in [0.29, 0.717) is 12.2 Å². The van der Waals surface area contributed by atoms with E-state index in [2.05, 4.69) is 10.3 Å². The van der Waals surface area contributed by atoms with Gasteiger partial charge >= 0.3 is 0 Å². The van der Waals surface area contributed by atoms with Crippen molar-refractivity contribution in [3.63, 3.8) is 0 Å². The van der Waals surface area contributed by atoms with E-state index in [4.69, 9.17) is 27.6 Å². The third-order valence-electron chi connectivity index (χ3n) is 2.85. The van der Waals surface area contributed by atoms with Crippen LogP contribution in [0.3, 0.4) is 0 Å². The fourth-order valence-electron chi connectivity index (χ4n) is 1.86. The highest BCUT2D eigenvalue weighted by Crippen LogP contribution is 2.20. The van der Waals surface area contributed by atoms with Gasteiger partial charge in [0.25, 0.3) is 5.91 Å². The maximum atomic E-state index is 12.1. The number of hydrogen-bond donors (Lipinski definition) is 2. The molecule has 0 spiro atoms. The lowest BCUT2D eigenvalue weighted by Crippen LogP contribution is -2.34. The minimum Gasteiger partial charge on any atom is -0.467 e. The summed E-state index contributed by atoms with van der Waals surface area (Å²) in [6.07, 6.45) is 0.993. The first kappa shape index (κ1) is 15.8. The number of carbonyl (C=O) groups is 1. The molecular formula is C14H14Cl2N2O3. The maximum absolute atomic E-state index is 12.1. The smallest absolute Gasteiger partial charge is 0.271 e. The predicted molar refractivity (Wildman–Crippen MR) is 79.5 cm³/mol. The van der Waals surface area contributed by atoms with Crippen molar-refractivity contribution in [2.45, 2.75) is 25.5 Å². The molecule has 7 heteroatoms. The quantitative estimate of drug-likeness (QED) is 0.826. The van der Waals surface area contributed by atoms with Crippen LogP contribution < -0.4 is 5.32 Å². The molecule has 0 aliphatic heterocycles. The molecule has 0 saturated carbocycles. The van der Waals surface area contributed by atoms with E-state index < -0.39 is 12.0 Å². The number of aliphatic hydroxyl groups is 1. The van der Waals surface area contributed by atoms with Crippen molar-refractivity contribution in [3.8, 4) is 0 Å². The molecular weight excluding hydrogens is 315 g/mol. The minimum absolute atomic E-state index is 0.0588. The van der Waals surface area contributed by atoms with Crippen molar-refractivity contribution >= 4 is 29.1 Å². The monoisotopic (exact) mass is 328 g/mol. The standard InChI is InChI=1S/C14H14Cl2N2O3/c1-8(7-10(19)11-3-2-6-21-11)17-14(20)13-9(15)4-5-12(16)18-13/h2-6,8,10,19H,7H2,1H3,(H,17,20). The first-order valence-electron chi connectivity index (χ1n) is 6.31. The van der Waals surface area contributed by atoms with Gasteiger partial charge in [-0.2, -0.15) is 0 Å². The molecule has 2 rings (SSSR count). The molecule has 0 aromatic carbocycles. The Hall–Kier alpha value is -1.56. The maximum Gasteiger partial charge on any atom is 0.271 e. The van der Waals surface area contributed by atoms with Crippen LogP contribution in [-0.2, 0) is 0 Å². The summed E-state index contributed by atoms with van der Waals surface area (Å²) >= 11 is 11.7. The Morgan fingerprint density at radius 2 is 2.19 bits per heavy atom. The van der Waals surface area contributed by atoms with E-state index in [0.717, 1.165) is 0 Å². The number of furan rings is 1. The van der Waals surface area contributed by atoms with Gasteiger partial charge in [0.1, 0.15) is 22.7 Å². The van der Waals surface area contributed by atoms with Gasteiger partial charge in [-0.15, -0.1) is 0 Å². The Morgan fingerprint density at radius 1 is 1.43 bits per heavy atom. The highest BCUT2D eigenvalue weighted by molar-refractivity contribution is 6.34. The van der Waals surface area contributed by atoms with Crippen LogP contribution >= 0.6 is 23.2 Å². The number of nitrogens with zero attached hydrogens (tertiary/aromatic N) is 1. The predicted octanol–water partition coefficient (Wildman–Crippen LogP) is 3.22. The largest absolute Gasteiger partial charge is 0.467 e. The molecule has 1 amide bonds. The second-order valence-corrected chi connectivity index (χ2v) is 5.40. The van der Waals surface area contributed by atoms with Gasteiger partial charge < -0.3 is 14.8 Å². The SMILES string of the molecule is CC(CC(O)c1ccco1)NC(=O)c1nc(Cl)ccc1Cl. The molecule has 0 saturated heterocycles. The summed E-state index contributed by atoms with van der Waals surface area (Å²) in [5, 5.41) is 13.1. The first-order valence-corrected chi connectivity index (χ1v) is 7.07. The number of carbonyl (C=O) groups excluding carboxylic acids is 1. The molecule has 0 aliphatic carbocycles. The number of nitrogens with one attached hydrogen (secondary N) is 1. The lowest BCUT2D eigenvalue weighted by atomic mass is 10.1. The van der Waals surface area contributed by atoms with E-state index in [1.165, 1.54) is 18.4 Å². The highest BCUT2D eigenvalue weighted by atomic mass is 35.5. The molecule has 0 fully saturated rings. The van der Waals surface area contributed by atoms with Crippen LogP contribution in [0.5, 0.6) is 0 Å². The molecule has 2 heterocycles. The van der Waals surface area contributed by atoms with Crippen molar-refractivity contribution in [2.24, 2.45) is 0 Å². The van der Waals surface area contributed by atoms with Crippen LogP contribution in [0, 0.1) is 0 Å². The molecule has 0 aliphatic rings. The number of aliphatic hydroxyl groups excluding tert-OH is 1. The van der Waals surface area contributed by atoms with Crippen LogP contribution in [0.2, 0.25) is 10.2 Å². The second-order valence-electron chi connectivity index (χ2n) is 4.61. The van der Waals surface area contributed by atoms with Gasteiger partial charge in [-0.3, -0.25) is 4.79 Å². The van der Waals surface area contributed by atoms with Crippen molar-refractivity contribution in [3.05, 3.63) is 52.2 Å². The summed E-state index contributed by atoms with van der Waals surface area (Å²) in [4.78, 5) is 16.0. The molecule has 0 radical (unpaired) electrons. The van der Waals surface area contributed by atoms with Crippen LogP contribution in [0.15, 0.2) is 34.9 Å². The summed E-state index contributed by atoms with van der Waals surface area (Å²) < 4.78 is 5.11. The Kier molecular flexibility index (Phi) is 5.22. The highest BCUT2D eigenvalue weighted by Gasteiger charge is 2.19. The summed E-state index contributed by atoms with van der Waals surface area (Å²) in [5.74, 6) is 0.0108. The number of amides is 1. The number of rotatable bonds is 5. The van der Waals surface area contributed by atoms with E-state index in [9.17, 15) is 9.90 Å².